The lowest BCUT2D eigenvalue weighted by atomic mass is 10.1. The van der Waals surface area contributed by atoms with Gasteiger partial charge >= 0.3 is 0 Å². The summed E-state index contributed by atoms with van der Waals surface area (Å²) >= 11 is 5.94. The lowest BCUT2D eigenvalue weighted by Crippen LogP contribution is -2.40. The highest BCUT2D eigenvalue weighted by molar-refractivity contribution is 7.92. The molecule has 29 heavy (non-hydrogen) atoms. The van der Waals surface area contributed by atoms with Gasteiger partial charge in [-0.15, -0.1) is 0 Å². The number of rotatable bonds is 10. The minimum absolute atomic E-state index is 0.113. The number of sulfonamides is 1. The third kappa shape index (κ3) is 7.95. The molecule has 6 nitrogen and oxygen atoms in total. The zero-order valence-corrected chi connectivity index (χ0v) is 18.5. The van der Waals surface area contributed by atoms with Crippen LogP contribution in [0.3, 0.4) is 0 Å². The van der Waals surface area contributed by atoms with Crippen LogP contribution in [0, 0.1) is 0 Å². The van der Waals surface area contributed by atoms with Gasteiger partial charge in [0, 0.05) is 11.6 Å². The molecule has 0 saturated carbocycles. The Bertz CT molecular complexity index is 932. The van der Waals surface area contributed by atoms with Gasteiger partial charge in [0.15, 0.2) is 0 Å². The fourth-order valence-corrected chi connectivity index (χ4v) is 3.82. The molecule has 0 saturated heterocycles. The Morgan fingerprint density at radius 2 is 1.90 bits per heavy atom. The van der Waals surface area contributed by atoms with E-state index in [1.807, 2.05) is 38.1 Å². The smallest absolute Gasteiger partial charge is 0.240 e. The number of nitrogens with zero attached hydrogens (tertiary/aromatic N) is 1. The van der Waals surface area contributed by atoms with Crippen LogP contribution in [0.25, 0.3) is 0 Å². The second-order valence-corrected chi connectivity index (χ2v) is 9.36. The Labute approximate surface area is 177 Å². The highest BCUT2D eigenvalue weighted by Gasteiger charge is 2.20. The molecule has 0 radical (unpaired) electrons. The first-order chi connectivity index (χ1) is 13.6. The van der Waals surface area contributed by atoms with Crippen molar-refractivity contribution in [2.24, 2.45) is 0 Å². The van der Waals surface area contributed by atoms with Gasteiger partial charge in [-0.1, -0.05) is 29.8 Å². The van der Waals surface area contributed by atoms with Crippen molar-refractivity contribution >= 4 is 33.2 Å². The quantitative estimate of drug-likeness (QED) is 0.574. The summed E-state index contributed by atoms with van der Waals surface area (Å²) < 4.78 is 30.9. The molecule has 0 aromatic heterocycles. The fourth-order valence-electron chi connectivity index (χ4n) is 2.78. The van der Waals surface area contributed by atoms with Gasteiger partial charge in [0.1, 0.15) is 12.3 Å². The summed E-state index contributed by atoms with van der Waals surface area (Å²) in [6, 6.07) is 14.3. The number of halogens is 1. The number of benzene rings is 2. The molecular weight excluding hydrogens is 412 g/mol. The molecule has 0 bridgehead atoms. The van der Waals surface area contributed by atoms with Crippen LogP contribution in [0.15, 0.2) is 48.5 Å². The molecule has 158 valence electrons. The first kappa shape index (κ1) is 23.0. The highest BCUT2D eigenvalue weighted by Crippen LogP contribution is 2.21. The predicted molar refractivity (Wildman–Crippen MR) is 117 cm³/mol. The van der Waals surface area contributed by atoms with E-state index in [1.165, 1.54) is 6.07 Å². The Hall–Kier alpha value is -2.25. The average molecular weight is 439 g/mol. The second kappa shape index (κ2) is 10.5. The maximum atomic E-state index is 12.3. The Morgan fingerprint density at radius 1 is 1.17 bits per heavy atom. The molecule has 0 spiro atoms. The number of aryl methyl sites for hydroxylation is 1. The van der Waals surface area contributed by atoms with Crippen molar-refractivity contribution in [3.8, 4) is 5.75 Å². The van der Waals surface area contributed by atoms with Crippen LogP contribution in [0.2, 0.25) is 5.02 Å². The summed E-state index contributed by atoms with van der Waals surface area (Å²) in [5, 5.41) is 3.18. The third-order valence-electron chi connectivity index (χ3n) is 4.02. The summed E-state index contributed by atoms with van der Waals surface area (Å²) in [5.74, 6) is 0.458. The van der Waals surface area contributed by atoms with E-state index in [9.17, 15) is 13.2 Å². The van der Waals surface area contributed by atoms with Crippen LogP contribution in [0.1, 0.15) is 25.8 Å². The molecule has 0 aliphatic carbocycles. The monoisotopic (exact) mass is 438 g/mol. The van der Waals surface area contributed by atoms with Crippen molar-refractivity contribution in [1.82, 2.24) is 5.32 Å². The summed E-state index contributed by atoms with van der Waals surface area (Å²) in [5.41, 5.74) is 1.48. The molecule has 0 aliphatic heterocycles. The molecule has 0 atom stereocenters. The number of hydrogen-bond donors (Lipinski definition) is 1. The highest BCUT2D eigenvalue weighted by atomic mass is 35.5. The minimum Gasteiger partial charge on any atom is -0.491 e. The lowest BCUT2D eigenvalue weighted by Gasteiger charge is -2.22. The van der Waals surface area contributed by atoms with Gasteiger partial charge in [-0.05, 0) is 62.6 Å². The number of carbonyl (C=O) groups is 1. The fraction of sp³-hybridized carbons (Fsp3) is 0.381. The van der Waals surface area contributed by atoms with Crippen molar-refractivity contribution in [2.75, 3.05) is 23.7 Å². The second-order valence-electron chi connectivity index (χ2n) is 7.02. The molecule has 8 heteroatoms. The van der Waals surface area contributed by atoms with E-state index >= 15 is 0 Å². The van der Waals surface area contributed by atoms with Crippen molar-refractivity contribution in [3.63, 3.8) is 0 Å². The average Bonchev–Trinajstić information content (AvgIpc) is 2.62. The van der Waals surface area contributed by atoms with Crippen LogP contribution < -0.4 is 14.4 Å². The maximum Gasteiger partial charge on any atom is 0.240 e. The lowest BCUT2D eigenvalue weighted by molar-refractivity contribution is -0.119. The number of hydrogen-bond acceptors (Lipinski definition) is 4. The van der Waals surface area contributed by atoms with E-state index in [4.69, 9.17) is 16.3 Å². The zero-order valence-electron chi connectivity index (χ0n) is 16.9. The van der Waals surface area contributed by atoms with Crippen LogP contribution in [0.5, 0.6) is 5.75 Å². The number of carbonyl (C=O) groups excluding carboxylic acids is 1. The minimum atomic E-state index is -3.62. The van der Waals surface area contributed by atoms with Gasteiger partial charge in [-0.2, -0.15) is 0 Å². The van der Waals surface area contributed by atoms with Crippen molar-refractivity contribution in [2.45, 2.75) is 32.8 Å². The van der Waals surface area contributed by atoms with Crippen molar-refractivity contribution in [3.05, 3.63) is 59.1 Å². The van der Waals surface area contributed by atoms with Gasteiger partial charge in [0.05, 0.1) is 18.0 Å². The molecule has 0 fully saturated rings. The van der Waals surface area contributed by atoms with E-state index < -0.39 is 10.0 Å². The van der Waals surface area contributed by atoms with Crippen molar-refractivity contribution in [1.29, 1.82) is 0 Å². The topological polar surface area (TPSA) is 75.7 Å². The molecule has 0 aliphatic rings. The molecule has 2 rings (SSSR count). The van der Waals surface area contributed by atoms with E-state index in [0.29, 0.717) is 17.3 Å². The Morgan fingerprint density at radius 3 is 2.55 bits per heavy atom. The number of anilines is 1. The molecule has 1 N–H and O–H groups in total. The van der Waals surface area contributed by atoms with Crippen LogP contribution in [0.4, 0.5) is 5.69 Å². The van der Waals surface area contributed by atoms with Gasteiger partial charge < -0.3 is 10.1 Å². The van der Waals surface area contributed by atoms with Crippen LogP contribution in [-0.2, 0) is 21.2 Å². The molecule has 1 amide bonds. The van der Waals surface area contributed by atoms with Crippen molar-refractivity contribution < 1.29 is 17.9 Å². The molecule has 0 unspecified atom stereocenters. The largest absolute Gasteiger partial charge is 0.491 e. The molecule has 2 aromatic rings. The van der Waals surface area contributed by atoms with E-state index in [1.54, 1.807) is 18.2 Å². The van der Waals surface area contributed by atoms with E-state index in [2.05, 4.69) is 5.32 Å². The summed E-state index contributed by atoms with van der Waals surface area (Å²) in [7, 11) is -3.62. The van der Waals surface area contributed by atoms with Crippen LogP contribution >= 0.6 is 11.6 Å². The Balaban J connectivity index is 1.87. The van der Waals surface area contributed by atoms with Gasteiger partial charge in [-0.25, -0.2) is 8.42 Å². The predicted octanol–water partition coefficient (Wildman–Crippen LogP) is 3.64. The summed E-state index contributed by atoms with van der Waals surface area (Å²) in [4.78, 5) is 12.3. The normalized spacial score (nSPS) is 11.3. The van der Waals surface area contributed by atoms with Gasteiger partial charge in [0.25, 0.3) is 0 Å². The van der Waals surface area contributed by atoms with E-state index in [-0.39, 0.29) is 18.6 Å². The first-order valence-electron chi connectivity index (χ1n) is 9.41. The van der Waals surface area contributed by atoms with Crippen LogP contribution in [-0.4, -0.2) is 39.8 Å². The summed E-state index contributed by atoms with van der Waals surface area (Å²) in [6.45, 7) is 4.11. The van der Waals surface area contributed by atoms with Gasteiger partial charge in [-0.3, -0.25) is 9.10 Å². The number of nitrogens with one attached hydrogen (secondary N) is 1. The van der Waals surface area contributed by atoms with Gasteiger partial charge in [0.2, 0.25) is 15.9 Å². The summed E-state index contributed by atoms with van der Waals surface area (Å²) in [6.07, 6.45) is 2.68. The number of amides is 1. The third-order valence-corrected chi connectivity index (χ3v) is 5.39. The first-order valence-corrected chi connectivity index (χ1v) is 11.6. The van der Waals surface area contributed by atoms with E-state index in [0.717, 1.165) is 34.7 Å². The molecular formula is C21H27ClN2O4S. The SMILES string of the molecule is CC(C)Oc1cccc(CCCNC(=O)CN(c2cccc(Cl)c2)S(C)(=O)=O)c1. The number of ether oxygens (including phenoxy) is 1. The molecule has 0 heterocycles. The molecule has 2 aromatic carbocycles. The Kier molecular flexibility index (Phi) is 8.34. The zero-order chi connectivity index (χ0) is 21.4. The maximum absolute atomic E-state index is 12.3. The standard InChI is InChI=1S/C21H27ClN2O4S/c1-16(2)28-20-11-4-7-17(13-20)8-6-12-23-21(25)15-24(29(3,26)27)19-10-5-9-18(22)14-19/h4-5,7,9-11,13-14,16H,6,8,12,15H2,1-3H3,(H,23,25).